The lowest BCUT2D eigenvalue weighted by molar-refractivity contribution is -0.563. The van der Waals surface area contributed by atoms with Crippen molar-refractivity contribution in [3.63, 3.8) is 0 Å². The number of ether oxygens (including phenoxy) is 1. The molecule has 0 spiro atoms. The Kier molecular flexibility index (Phi) is 2.98. The number of carbonyl (C=O) groups excluding carboxylic acids is 1. The van der Waals surface area contributed by atoms with Gasteiger partial charge in [0, 0.05) is 25.7 Å². The maximum Gasteiger partial charge on any atom is 0.302 e. The van der Waals surface area contributed by atoms with Crippen molar-refractivity contribution in [1.82, 2.24) is 0 Å². The molecule has 0 fully saturated rings. The molecule has 0 aliphatic rings. The average Bonchev–Trinajstić information content (AvgIpc) is 1.84. The quantitative estimate of drug-likeness (QED) is 0.345. The minimum atomic E-state index is -1.19. The van der Waals surface area contributed by atoms with Crippen molar-refractivity contribution in [1.29, 1.82) is 0 Å². The van der Waals surface area contributed by atoms with E-state index >= 15 is 0 Å². The molecule has 0 saturated heterocycles. The van der Waals surface area contributed by atoms with Gasteiger partial charge in [-0.1, -0.05) is 0 Å². The number of rotatable bonds is 3. The fraction of sp³-hybridized carbons (Fsp3) is 0.833. The number of nitrogens with zero attached hydrogens (tertiary/aromatic N) is 1. The fourth-order valence-electron chi connectivity index (χ4n) is 0.331. The predicted octanol–water partition coefficient (Wildman–Crippen LogP) is 0.605. The summed E-state index contributed by atoms with van der Waals surface area (Å²) in [7, 11) is 0. The van der Waals surface area contributed by atoms with Gasteiger partial charge in [-0.15, -0.1) is 0 Å². The van der Waals surface area contributed by atoms with E-state index in [1.165, 1.54) is 20.8 Å². The monoisotopic (exact) mass is 161 g/mol. The smallest absolute Gasteiger partial charge is 0.302 e. The zero-order valence-corrected chi connectivity index (χ0v) is 6.79. The van der Waals surface area contributed by atoms with E-state index < -0.39 is 16.4 Å². The minimum absolute atomic E-state index is 0.185. The van der Waals surface area contributed by atoms with E-state index in [4.69, 9.17) is 0 Å². The van der Waals surface area contributed by atoms with Gasteiger partial charge in [-0.3, -0.25) is 14.9 Å². The Morgan fingerprint density at radius 1 is 1.64 bits per heavy atom. The topological polar surface area (TPSA) is 69.4 Å². The molecule has 0 radical (unpaired) electrons. The van der Waals surface area contributed by atoms with Crippen molar-refractivity contribution in [2.45, 2.75) is 26.3 Å². The maximum atomic E-state index is 10.3. The highest BCUT2D eigenvalue weighted by atomic mass is 16.6. The number of hydrogen-bond acceptors (Lipinski definition) is 4. The minimum Gasteiger partial charge on any atom is -0.458 e. The maximum absolute atomic E-state index is 10.3. The van der Waals surface area contributed by atoms with Crippen LogP contribution in [0.15, 0.2) is 0 Å². The van der Waals surface area contributed by atoms with E-state index in [-0.39, 0.29) is 6.61 Å². The molecule has 0 saturated carbocycles. The molecule has 0 aromatic rings. The molecule has 5 nitrogen and oxygen atoms in total. The van der Waals surface area contributed by atoms with Crippen molar-refractivity contribution in [3.8, 4) is 0 Å². The normalized spacial score (nSPS) is 10.8. The largest absolute Gasteiger partial charge is 0.458 e. The van der Waals surface area contributed by atoms with Gasteiger partial charge in [-0.05, 0) is 0 Å². The van der Waals surface area contributed by atoms with E-state index in [0.29, 0.717) is 0 Å². The molecule has 0 aromatic heterocycles. The molecule has 0 aromatic carbocycles. The molecule has 0 aliphatic heterocycles. The molecule has 11 heavy (non-hydrogen) atoms. The van der Waals surface area contributed by atoms with Gasteiger partial charge in [-0.2, -0.15) is 0 Å². The number of esters is 1. The van der Waals surface area contributed by atoms with Crippen LogP contribution in [-0.2, 0) is 9.53 Å². The molecule has 0 rings (SSSR count). The predicted molar refractivity (Wildman–Crippen MR) is 37.7 cm³/mol. The molecule has 0 atom stereocenters. The third kappa shape index (κ3) is 3.54. The van der Waals surface area contributed by atoms with Crippen molar-refractivity contribution in [3.05, 3.63) is 10.1 Å². The first kappa shape index (κ1) is 9.87. The van der Waals surface area contributed by atoms with E-state index in [9.17, 15) is 14.9 Å². The second-order valence-electron chi connectivity index (χ2n) is 2.85. The summed E-state index contributed by atoms with van der Waals surface area (Å²) in [5.41, 5.74) is -1.19. The number of nitro groups is 1. The Labute approximate surface area is 64.5 Å². The SMILES string of the molecule is CC(=O)OCC(C)(C)[N+](=O)[O-]. The van der Waals surface area contributed by atoms with Crippen LogP contribution in [0.4, 0.5) is 0 Å². The molecule has 0 unspecified atom stereocenters. The molecule has 0 bridgehead atoms. The second kappa shape index (κ2) is 3.32. The number of carbonyl (C=O) groups is 1. The first-order valence-corrected chi connectivity index (χ1v) is 3.14. The standard InChI is InChI=1S/C6H11NO4/c1-5(8)11-4-6(2,3)7(9)10/h4H2,1-3H3. The molecule has 0 N–H and O–H groups in total. The Morgan fingerprint density at radius 3 is 2.36 bits per heavy atom. The Morgan fingerprint density at radius 2 is 2.09 bits per heavy atom. The highest BCUT2D eigenvalue weighted by molar-refractivity contribution is 5.65. The molecular weight excluding hydrogens is 150 g/mol. The summed E-state index contributed by atoms with van der Waals surface area (Å²) in [4.78, 5) is 20.0. The highest BCUT2D eigenvalue weighted by Crippen LogP contribution is 2.07. The summed E-state index contributed by atoms with van der Waals surface area (Å²) in [6.45, 7) is 3.83. The molecular formula is C6H11NO4. The molecule has 64 valence electrons. The van der Waals surface area contributed by atoms with E-state index in [1.807, 2.05) is 0 Å². The lowest BCUT2D eigenvalue weighted by Gasteiger charge is -2.14. The molecule has 0 heterocycles. The fourth-order valence-corrected chi connectivity index (χ4v) is 0.331. The zero-order chi connectivity index (χ0) is 9.07. The summed E-state index contributed by atoms with van der Waals surface area (Å²) >= 11 is 0. The van der Waals surface area contributed by atoms with Crippen LogP contribution in [0.1, 0.15) is 20.8 Å². The molecule has 0 aliphatic carbocycles. The summed E-state index contributed by atoms with van der Waals surface area (Å²) < 4.78 is 4.49. The Balaban J connectivity index is 3.92. The first-order valence-electron chi connectivity index (χ1n) is 3.14. The Hall–Kier alpha value is -1.13. The van der Waals surface area contributed by atoms with Gasteiger partial charge in [0.25, 0.3) is 0 Å². The van der Waals surface area contributed by atoms with Crippen molar-refractivity contribution < 1.29 is 14.5 Å². The highest BCUT2D eigenvalue weighted by Gasteiger charge is 2.31. The lowest BCUT2D eigenvalue weighted by Crippen LogP contribution is -2.36. The van der Waals surface area contributed by atoms with Gasteiger partial charge in [0.1, 0.15) is 0 Å². The molecule has 5 heteroatoms. The van der Waals surface area contributed by atoms with E-state index in [1.54, 1.807) is 0 Å². The van der Waals surface area contributed by atoms with Gasteiger partial charge < -0.3 is 4.74 Å². The average molecular weight is 161 g/mol. The summed E-state index contributed by atoms with van der Waals surface area (Å²) in [6, 6.07) is 0. The third-order valence-electron chi connectivity index (χ3n) is 1.12. The van der Waals surface area contributed by atoms with Gasteiger partial charge in [0.05, 0.1) is 0 Å². The second-order valence-corrected chi connectivity index (χ2v) is 2.85. The van der Waals surface area contributed by atoms with Crippen LogP contribution in [0.3, 0.4) is 0 Å². The van der Waals surface area contributed by atoms with Crippen molar-refractivity contribution >= 4 is 5.97 Å². The Bertz CT molecular complexity index is 175. The van der Waals surface area contributed by atoms with Crippen LogP contribution in [0.2, 0.25) is 0 Å². The lowest BCUT2D eigenvalue weighted by atomic mass is 10.1. The first-order chi connectivity index (χ1) is 4.86. The van der Waals surface area contributed by atoms with Crippen LogP contribution in [0.5, 0.6) is 0 Å². The zero-order valence-electron chi connectivity index (χ0n) is 6.79. The summed E-state index contributed by atoms with van der Waals surface area (Å²) in [5.74, 6) is -0.500. The number of hydrogen-bond donors (Lipinski definition) is 0. The van der Waals surface area contributed by atoms with Crippen LogP contribution >= 0.6 is 0 Å². The third-order valence-corrected chi connectivity index (χ3v) is 1.12. The van der Waals surface area contributed by atoms with Gasteiger partial charge in [-0.25, -0.2) is 0 Å². The van der Waals surface area contributed by atoms with Crippen molar-refractivity contribution in [2.24, 2.45) is 0 Å². The van der Waals surface area contributed by atoms with Crippen LogP contribution in [0.25, 0.3) is 0 Å². The van der Waals surface area contributed by atoms with E-state index in [2.05, 4.69) is 4.74 Å². The van der Waals surface area contributed by atoms with Gasteiger partial charge in [0.2, 0.25) is 5.54 Å². The van der Waals surface area contributed by atoms with Gasteiger partial charge >= 0.3 is 5.97 Å². The van der Waals surface area contributed by atoms with Crippen LogP contribution in [0, 0.1) is 10.1 Å². The van der Waals surface area contributed by atoms with Crippen LogP contribution < -0.4 is 0 Å². The van der Waals surface area contributed by atoms with Crippen molar-refractivity contribution in [2.75, 3.05) is 6.61 Å². The summed E-state index contributed by atoms with van der Waals surface area (Å²) in [6.07, 6.45) is 0. The molecule has 0 amide bonds. The van der Waals surface area contributed by atoms with Crippen LogP contribution in [-0.4, -0.2) is 23.0 Å². The van der Waals surface area contributed by atoms with Gasteiger partial charge in [0.15, 0.2) is 6.61 Å². The van der Waals surface area contributed by atoms with E-state index in [0.717, 1.165) is 0 Å². The summed E-state index contributed by atoms with van der Waals surface area (Å²) in [5, 5.41) is 10.2.